The third-order valence-corrected chi connectivity index (χ3v) is 4.39. The van der Waals surface area contributed by atoms with Gasteiger partial charge in [-0.05, 0) is 44.0 Å². The van der Waals surface area contributed by atoms with E-state index in [1.165, 1.54) is 12.3 Å². The van der Waals surface area contributed by atoms with Crippen molar-refractivity contribution < 1.29 is 9.13 Å². The molecular weight excluding hydrogens is 319 g/mol. The highest BCUT2D eigenvalue weighted by Crippen LogP contribution is 2.19. The maximum atomic E-state index is 13.3. The van der Waals surface area contributed by atoms with Crippen LogP contribution in [-0.4, -0.2) is 35.3 Å². The van der Waals surface area contributed by atoms with Crippen molar-refractivity contribution >= 4 is 5.82 Å². The van der Waals surface area contributed by atoms with E-state index in [0.717, 1.165) is 30.0 Å². The molecule has 6 heteroatoms. The van der Waals surface area contributed by atoms with Crippen LogP contribution in [0.15, 0.2) is 36.8 Å². The molecular formula is C19H25FN4O. The molecule has 1 saturated heterocycles. The molecule has 2 aromatic rings. The smallest absolute Gasteiger partial charge is 0.141 e. The van der Waals surface area contributed by atoms with E-state index in [2.05, 4.69) is 46.2 Å². The van der Waals surface area contributed by atoms with Crippen molar-refractivity contribution in [3.8, 4) is 0 Å². The zero-order valence-corrected chi connectivity index (χ0v) is 14.9. The lowest BCUT2D eigenvalue weighted by molar-refractivity contribution is -0.00545. The molecule has 25 heavy (non-hydrogen) atoms. The van der Waals surface area contributed by atoms with Gasteiger partial charge in [-0.15, -0.1) is 0 Å². The molecule has 3 rings (SSSR count). The fourth-order valence-electron chi connectivity index (χ4n) is 3.13. The molecule has 0 saturated carbocycles. The molecule has 0 amide bonds. The standard InChI is InChI=1S/C19H25FN4O/c1-13-11-24(12-14(2)25-13)19-5-4-16(8-23-19)7-22-15(3)17-6-18(20)10-21-9-17/h4-6,8-10,13-15,22H,7,11-12H2,1-3H3/t13-,14+,15-/m1/s1. The molecule has 0 aliphatic carbocycles. The van der Waals surface area contributed by atoms with E-state index in [0.29, 0.717) is 6.54 Å². The number of hydrogen-bond donors (Lipinski definition) is 1. The van der Waals surface area contributed by atoms with Crippen LogP contribution in [-0.2, 0) is 11.3 Å². The van der Waals surface area contributed by atoms with Gasteiger partial charge in [0, 0.05) is 38.1 Å². The molecule has 0 bridgehead atoms. The Balaban J connectivity index is 1.57. The molecule has 2 aromatic heterocycles. The maximum Gasteiger partial charge on any atom is 0.141 e. The first-order chi connectivity index (χ1) is 12.0. The zero-order chi connectivity index (χ0) is 17.8. The predicted octanol–water partition coefficient (Wildman–Crippen LogP) is 3.08. The van der Waals surface area contributed by atoms with E-state index in [1.54, 1.807) is 6.20 Å². The monoisotopic (exact) mass is 344 g/mol. The van der Waals surface area contributed by atoms with E-state index < -0.39 is 0 Å². The van der Waals surface area contributed by atoms with Crippen LogP contribution in [0.5, 0.6) is 0 Å². The number of ether oxygens (including phenoxy) is 1. The summed E-state index contributed by atoms with van der Waals surface area (Å²) >= 11 is 0. The quantitative estimate of drug-likeness (QED) is 0.903. The summed E-state index contributed by atoms with van der Waals surface area (Å²) < 4.78 is 19.0. The second kappa shape index (κ2) is 7.89. The van der Waals surface area contributed by atoms with Gasteiger partial charge in [0.25, 0.3) is 0 Å². The molecule has 0 aromatic carbocycles. The van der Waals surface area contributed by atoms with Gasteiger partial charge in [-0.3, -0.25) is 4.98 Å². The van der Waals surface area contributed by atoms with Gasteiger partial charge in [0.1, 0.15) is 11.6 Å². The van der Waals surface area contributed by atoms with Gasteiger partial charge < -0.3 is 15.0 Å². The topological polar surface area (TPSA) is 50.3 Å². The number of rotatable bonds is 5. The molecule has 1 fully saturated rings. The first-order valence-corrected chi connectivity index (χ1v) is 8.70. The van der Waals surface area contributed by atoms with Crippen LogP contribution in [0.4, 0.5) is 10.2 Å². The summed E-state index contributed by atoms with van der Waals surface area (Å²) in [7, 11) is 0. The average Bonchev–Trinajstić information content (AvgIpc) is 2.59. The third kappa shape index (κ3) is 4.74. The van der Waals surface area contributed by atoms with Crippen molar-refractivity contribution in [2.45, 2.75) is 45.6 Å². The fraction of sp³-hybridized carbons (Fsp3) is 0.474. The lowest BCUT2D eigenvalue weighted by atomic mass is 10.1. The number of morpholine rings is 1. The van der Waals surface area contributed by atoms with Crippen LogP contribution in [0.25, 0.3) is 0 Å². The zero-order valence-electron chi connectivity index (χ0n) is 14.9. The van der Waals surface area contributed by atoms with Crippen molar-refractivity contribution in [1.29, 1.82) is 0 Å². The highest BCUT2D eigenvalue weighted by Gasteiger charge is 2.22. The van der Waals surface area contributed by atoms with E-state index in [-0.39, 0.29) is 24.1 Å². The summed E-state index contributed by atoms with van der Waals surface area (Å²) in [6, 6.07) is 5.66. The Morgan fingerprint density at radius 3 is 2.64 bits per heavy atom. The Labute approximate surface area is 148 Å². The second-order valence-corrected chi connectivity index (χ2v) is 6.73. The summed E-state index contributed by atoms with van der Waals surface area (Å²) in [5, 5.41) is 3.38. The second-order valence-electron chi connectivity index (χ2n) is 6.73. The Morgan fingerprint density at radius 2 is 2.00 bits per heavy atom. The van der Waals surface area contributed by atoms with Crippen molar-refractivity contribution in [1.82, 2.24) is 15.3 Å². The lowest BCUT2D eigenvalue weighted by Crippen LogP contribution is -2.45. The number of halogens is 1. The average molecular weight is 344 g/mol. The highest BCUT2D eigenvalue weighted by atomic mass is 19.1. The third-order valence-electron chi connectivity index (χ3n) is 4.39. The van der Waals surface area contributed by atoms with Crippen LogP contribution >= 0.6 is 0 Å². The van der Waals surface area contributed by atoms with E-state index in [4.69, 9.17) is 4.74 Å². The molecule has 0 unspecified atom stereocenters. The molecule has 134 valence electrons. The maximum absolute atomic E-state index is 13.3. The normalized spacial score (nSPS) is 22.0. The van der Waals surface area contributed by atoms with Gasteiger partial charge in [0.05, 0.1) is 18.4 Å². The Kier molecular flexibility index (Phi) is 5.60. The minimum atomic E-state index is -0.314. The Bertz CT molecular complexity index is 684. The van der Waals surface area contributed by atoms with Gasteiger partial charge in [-0.1, -0.05) is 6.07 Å². The van der Waals surface area contributed by atoms with Gasteiger partial charge in [0.2, 0.25) is 0 Å². The van der Waals surface area contributed by atoms with Gasteiger partial charge in [-0.2, -0.15) is 0 Å². The molecule has 3 atom stereocenters. The van der Waals surface area contributed by atoms with Crippen molar-refractivity contribution in [2.75, 3.05) is 18.0 Å². The lowest BCUT2D eigenvalue weighted by Gasteiger charge is -2.36. The van der Waals surface area contributed by atoms with Gasteiger partial charge in [-0.25, -0.2) is 9.37 Å². The number of nitrogens with zero attached hydrogens (tertiary/aromatic N) is 3. The van der Waals surface area contributed by atoms with Crippen LogP contribution in [0, 0.1) is 5.82 Å². The van der Waals surface area contributed by atoms with E-state index >= 15 is 0 Å². The molecule has 1 aliphatic heterocycles. The van der Waals surface area contributed by atoms with E-state index in [9.17, 15) is 4.39 Å². The number of nitrogens with one attached hydrogen (secondary N) is 1. The first-order valence-electron chi connectivity index (χ1n) is 8.70. The molecule has 0 spiro atoms. The van der Waals surface area contributed by atoms with Crippen LogP contribution in [0.1, 0.15) is 37.9 Å². The fourth-order valence-corrected chi connectivity index (χ4v) is 3.13. The Morgan fingerprint density at radius 1 is 1.24 bits per heavy atom. The minimum Gasteiger partial charge on any atom is -0.372 e. The molecule has 0 radical (unpaired) electrons. The van der Waals surface area contributed by atoms with Crippen LogP contribution in [0.2, 0.25) is 0 Å². The number of hydrogen-bond acceptors (Lipinski definition) is 5. The summed E-state index contributed by atoms with van der Waals surface area (Å²) in [5.74, 6) is 0.666. The number of pyridine rings is 2. The Hall–Kier alpha value is -2.05. The number of aromatic nitrogens is 2. The largest absolute Gasteiger partial charge is 0.372 e. The molecule has 1 aliphatic rings. The van der Waals surface area contributed by atoms with Crippen LogP contribution < -0.4 is 10.2 Å². The van der Waals surface area contributed by atoms with Crippen LogP contribution in [0.3, 0.4) is 0 Å². The summed E-state index contributed by atoms with van der Waals surface area (Å²) in [5.41, 5.74) is 1.93. The molecule has 3 heterocycles. The first kappa shape index (κ1) is 17.8. The predicted molar refractivity (Wildman–Crippen MR) is 95.9 cm³/mol. The summed E-state index contributed by atoms with van der Waals surface area (Å²) in [6.07, 6.45) is 5.22. The van der Waals surface area contributed by atoms with Gasteiger partial charge in [0.15, 0.2) is 0 Å². The summed E-state index contributed by atoms with van der Waals surface area (Å²) in [4.78, 5) is 10.7. The SMILES string of the molecule is C[C@@H]1CN(c2ccc(CN[C@H](C)c3cncc(F)c3)cn2)C[C@H](C)O1. The van der Waals surface area contributed by atoms with Crippen molar-refractivity contribution in [2.24, 2.45) is 0 Å². The van der Waals surface area contributed by atoms with Gasteiger partial charge >= 0.3 is 0 Å². The summed E-state index contributed by atoms with van der Waals surface area (Å²) in [6.45, 7) is 8.56. The molecule has 1 N–H and O–H groups in total. The van der Waals surface area contributed by atoms with E-state index in [1.807, 2.05) is 13.1 Å². The van der Waals surface area contributed by atoms with Crippen molar-refractivity contribution in [3.05, 3.63) is 53.7 Å². The number of anilines is 1. The minimum absolute atomic E-state index is 0.0174. The highest BCUT2D eigenvalue weighted by molar-refractivity contribution is 5.40. The molecule has 5 nitrogen and oxygen atoms in total. The van der Waals surface area contributed by atoms with Crippen molar-refractivity contribution in [3.63, 3.8) is 0 Å².